The molecule has 0 spiro atoms. The molecule has 1 unspecified atom stereocenters. The zero-order valence-corrected chi connectivity index (χ0v) is 12.9. The van der Waals surface area contributed by atoms with Crippen molar-refractivity contribution in [2.24, 2.45) is 5.92 Å². The normalized spacial score (nSPS) is 18.0. The van der Waals surface area contributed by atoms with E-state index in [4.69, 9.17) is 5.73 Å². The largest absolute Gasteiger partial charge is 0.398 e. The molecule has 3 N–H and O–H groups in total. The van der Waals surface area contributed by atoms with Gasteiger partial charge in [0.25, 0.3) is 5.91 Å². The number of nitrogen functional groups attached to an aromatic ring is 1. The van der Waals surface area contributed by atoms with Crippen LogP contribution < -0.4 is 11.1 Å². The predicted octanol–water partition coefficient (Wildman–Crippen LogP) is 3.73. The van der Waals surface area contributed by atoms with Crippen LogP contribution in [-0.4, -0.2) is 11.9 Å². The Kier molecular flexibility index (Phi) is 4.86. The van der Waals surface area contributed by atoms with Gasteiger partial charge in [-0.05, 0) is 59.8 Å². The van der Waals surface area contributed by atoms with Gasteiger partial charge >= 0.3 is 0 Å². The number of amides is 1. The molecule has 1 saturated carbocycles. The highest BCUT2D eigenvalue weighted by molar-refractivity contribution is 9.10. The minimum absolute atomic E-state index is 0.0303. The van der Waals surface area contributed by atoms with Crippen LogP contribution >= 0.6 is 15.9 Å². The highest BCUT2D eigenvalue weighted by atomic mass is 79.9. The van der Waals surface area contributed by atoms with Crippen molar-refractivity contribution >= 4 is 27.5 Å². The summed E-state index contributed by atoms with van der Waals surface area (Å²) in [5, 5.41) is 3.10. The van der Waals surface area contributed by atoms with Crippen LogP contribution in [-0.2, 0) is 0 Å². The molecule has 0 aliphatic heterocycles. The molecule has 1 atom stereocenters. The molecule has 1 aliphatic rings. The standard InChI is InChI=1S/C15H21BrN2O/c1-10(11-5-3-2-4-6-11)18-15(19)12-7-8-13(16)14(17)9-12/h7-11H,2-6,17H2,1H3,(H,18,19). The van der Waals surface area contributed by atoms with Crippen LogP contribution in [0.25, 0.3) is 0 Å². The maximum atomic E-state index is 12.2. The molecule has 2 rings (SSSR count). The summed E-state index contributed by atoms with van der Waals surface area (Å²) >= 11 is 3.34. The van der Waals surface area contributed by atoms with Gasteiger partial charge in [-0.3, -0.25) is 4.79 Å². The number of nitrogens with one attached hydrogen (secondary N) is 1. The molecule has 104 valence electrons. The van der Waals surface area contributed by atoms with E-state index >= 15 is 0 Å². The molecular formula is C15H21BrN2O. The molecule has 0 aromatic heterocycles. The summed E-state index contributed by atoms with van der Waals surface area (Å²) in [6.07, 6.45) is 6.36. The molecule has 0 radical (unpaired) electrons. The molecule has 19 heavy (non-hydrogen) atoms. The summed E-state index contributed by atoms with van der Waals surface area (Å²) in [7, 11) is 0. The van der Waals surface area contributed by atoms with E-state index in [2.05, 4.69) is 28.2 Å². The topological polar surface area (TPSA) is 55.1 Å². The zero-order valence-electron chi connectivity index (χ0n) is 11.3. The first-order valence-corrected chi connectivity index (χ1v) is 7.73. The second-order valence-electron chi connectivity index (χ2n) is 5.40. The van der Waals surface area contributed by atoms with Gasteiger partial charge in [-0.1, -0.05) is 19.3 Å². The number of benzene rings is 1. The third-order valence-electron chi connectivity index (χ3n) is 3.97. The predicted molar refractivity (Wildman–Crippen MR) is 82.1 cm³/mol. The molecule has 3 nitrogen and oxygen atoms in total. The van der Waals surface area contributed by atoms with Gasteiger partial charge in [0.1, 0.15) is 0 Å². The smallest absolute Gasteiger partial charge is 0.251 e. The van der Waals surface area contributed by atoms with Gasteiger partial charge in [0, 0.05) is 21.8 Å². The molecule has 1 amide bonds. The molecule has 1 aromatic rings. The van der Waals surface area contributed by atoms with Crippen LogP contribution in [0.4, 0.5) is 5.69 Å². The lowest BCUT2D eigenvalue weighted by molar-refractivity contribution is 0.0919. The Bertz CT molecular complexity index is 455. The summed E-state index contributed by atoms with van der Waals surface area (Å²) in [5.74, 6) is 0.586. The molecule has 1 aromatic carbocycles. The number of rotatable bonds is 3. The number of anilines is 1. The van der Waals surface area contributed by atoms with Crippen molar-refractivity contribution in [2.45, 2.75) is 45.1 Å². The maximum absolute atomic E-state index is 12.2. The fourth-order valence-electron chi connectivity index (χ4n) is 2.73. The van der Waals surface area contributed by atoms with Crippen molar-refractivity contribution in [1.82, 2.24) is 5.32 Å². The molecular weight excluding hydrogens is 304 g/mol. The summed E-state index contributed by atoms with van der Waals surface area (Å²) in [4.78, 5) is 12.2. The lowest BCUT2D eigenvalue weighted by atomic mass is 9.84. The van der Waals surface area contributed by atoms with Crippen molar-refractivity contribution in [3.05, 3.63) is 28.2 Å². The van der Waals surface area contributed by atoms with Gasteiger partial charge in [-0.25, -0.2) is 0 Å². The first-order valence-electron chi connectivity index (χ1n) is 6.94. The SMILES string of the molecule is CC(NC(=O)c1ccc(Br)c(N)c1)C1CCCCC1. The Labute approximate surface area is 123 Å². The number of carbonyl (C=O) groups is 1. The first kappa shape index (κ1) is 14.4. The first-order chi connectivity index (χ1) is 9.08. The van der Waals surface area contributed by atoms with Crippen molar-refractivity contribution in [1.29, 1.82) is 0 Å². The third kappa shape index (κ3) is 3.72. The number of hydrogen-bond acceptors (Lipinski definition) is 2. The minimum Gasteiger partial charge on any atom is -0.398 e. The average molecular weight is 325 g/mol. The van der Waals surface area contributed by atoms with Gasteiger partial charge in [-0.2, -0.15) is 0 Å². The Morgan fingerprint density at radius 3 is 2.68 bits per heavy atom. The van der Waals surface area contributed by atoms with E-state index < -0.39 is 0 Å². The number of halogens is 1. The molecule has 0 heterocycles. The molecule has 1 aliphatic carbocycles. The molecule has 0 saturated heterocycles. The lowest BCUT2D eigenvalue weighted by Gasteiger charge is -2.28. The summed E-state index contributed by atoms with van der Waals surface area (Å²) in [6, 6.07) is 5.56. The third-order valence-corrected chi connectivity index (χ3v) is 4.70. The summed E-state index contributed by atoms with van der Waals surface area (Å²) in [5.41, 5.74) is 7.03. The second kappa shape index (κ2) is 6.42. The van der Waals surface area contributed by atoms with Crippen molar-refractivity contribution in [3.63, 3.8) is 0 Å². The van der Waals surface area contributed by atoms with Crippen LogP contribution in [0, 0.1) is 5.92 Å². The van der Waals surface area contributed by atoms with Crippen molar-refractivity contribution < 1.29 is 4.79 Å². The quantitative estimate of drug-likeness (QED) is 0.832. The summed E-state index contributed by atoms with van der Waals surface area (Å²) in [6.45, 7) is 2.11. The maximum Gasteiger partial charge on any atom is 0.251 e. The highest BCUT2D eigenvalue weighted by Gasteiger charge is 2.21. The average Bonchev–Trinajstić information content (AvgIpc) is 2.42. The molecule has 0 bridgehead atoms. The molecule has 4 heteroatoms. The highest BCUT2D eigenvalue weighted by Crippen LogP contribution is 2.26. The van der Waals surface area contributed by atoms with E-state index in [-0.39, 0.29) is 11.9 Å². The van der Waals surface area contributed by atoms with E-state index in [1.165, 1.54) is 32.1 Å². The number of nitrogens with two attached hydrogens (primary N) is 1. The van der Waals surface area contributed by atoms with Crippen molar-refractivity contribution in [2.75, 3.05) is 5.73 Å². The van der Waals surface area contributed by atoms with Gasteiger partial charge < -0.3 is 11.1 Å². The summed E-state index contributed by atoms with van der Waals surface area (Å²) < 4.78 is 0.823. The van der Waals surface area contributed by atoms with Gasteiger partial charge in [0.05, 0.1) is 0 Å². The van der Waals surface area contributed by atoms with Crippen LogP contribution in [0.15, 0.2) is 22.7 Å². The van der Waals surface area contributed by atoms with Crippen molar-refractivity contribution in [3.8, 4) is 0 Å². The van der Waals surface area contributed by atoms with E-state index in [9.17, 15) is 4.79 Å². The van der Waals surface area contributed by atoms with E-state index in [0.29, 0.717) is 17.2 Å². The molecule has 1 fully saturated rings. The lowest BCUT2D eigenvalue weighted by Crippen LogP contribution is -2.38. The fourth-order valence-corrected chi connectivity index (χ4v) is 2.97. The second-order valence-corrected chi connectivity index (χ2v) is 6.25. The fraction of sp³-hybridized carbons (Fsp3) is 0.533. The Balaban J connectivity index is 1.97. The Morgan fingerprint density at radius 2 is 2.05 bits per heavy atom. The number of carbonyl (C=O) groups excluding carboxylic acids is 1. The monoisotopic (exact) mass is 324 g/mol. The van der Waals surface area contributed by atoms with Crippen LogP contribution in [0.2, 0.25) is 0 Å². The Morgan fingerprint density at radius 1 is 1.37 bits per heavy atom. The van der Waals surface area contributed by atoms with Gasteiger partial charge in [0.15, 0.2) is 0 Å². The zero-order chi connectivity index (χ0) is 13.8. The van der Waals surface area contributed by atoms with Gasteiger partial charge in [-0.15, -0.1) is 0 Å². The van der Waals surface area contributed by atoms with Crippen LogP contribution in [0.3, 0.4) is 0 Å². The van der Waals surface area contributed by atoms with E-state index in [1.807, 2.05) is 6.07 Å². The van der Waals surface area contributed by atoms with E-state index in [0.717, 1.165) is 4.47 Å². The Hall–Kier alpha value is -1.03. The van der Waals surface area contributed by atoms with Gasteiger partial charge in [0.2, 0.25) is 0 Å². The van der Waals surface area contributed by atoms with Crippen LogP contribution in [0.1, 0.15) is 49.4 Å². The minimum atomic E-state index is -0.0303. The van der Waals surface area contributed by atoms with E-state index in [1.54, 1.807) is 12.1 Å². The number of hydrogen-bond donors (Lipinski definition) is 2. The van der Waals surface area contributed by atoms with Crippen LogP contribution in [0.5, 0.6) is 0 Å².